The topological polar surface area (TPSA) is 72.6 Å². The van der Waals surface area contributed by atoms with E-state index in [9.17, 15) is 12.8 Å². The summed E-state index contributed by atoms with van der Waals surface area (Å²) >= 11 is 4.78. The highest BCUT2D eigenvalue weighted by Crippen LogP contribution is 2.25. The summed E-state index contributed by atoms with van der Waals surface area (Å²) in [6.07, 6.45) is -0.462. The summed E-state index contributed by atoms with van der Waals surface area (Å²) in [6, 6.07) is 3.78. The van der Waals surface area contributed by atoms with Crippen molar-refractivity contribution in [2.45, 2.75) is 31.0 Å². The molecule has 2 unspecified atom stereocenters. The average molecular weight is 332 g/mol. The van der Waals surface area contributed by atoms with Crippen LogP contribution in [0.3, 0.4) is 0 Å². The summed E-state index contributed by atoms with van der Waals surface area (Å²) in [6.45, 7) is 4.00. The Kier molecular flexibility index (Phi) is 4.62. The monoisotopic (exact) mass is 332 g/mol. The van der Waals surface area contributed by atoms with Gasteiger partial charge in [-0.1, -0.05) is 18.3 Å². The maximum atomic E-state index is 13.9. The number of thiocarbonyl (C=S) groups is 1. The first-order chi connectivity index (χ1) is 9.73. The van der Waals surface area contributed by atoms with Crippen molar-refractivity contribution in [3.63, 3.8) is 0 Å². The van der Waals surface area contributed by atoms with E-state index in [1.807, 2.05) is 0 Å². The number of nitrogens with two attached hydrogens (primary N) is 1. The third-order valence-corrected chi connectivity index (χ3v) is 5.30. The standard InChI is InChI=1S/C13H17FN2O3S2/c1-8-6-16(7-9(2)19-8)21(17,18)11-5-3-4-10(14)12(11)13(15)20/h3-5,8-9H,6-7H2,1-2H3,(H2,15,20). The molecule has 0 radical (unpaired) electrons. The zero-order chi connectivity index (χ0) is 15.8. The predicted octanol–water partition coefficient (Wildman–Crippen LogP) is 1.26. The molecule has 1 aliphatic heterocycles. The molecule has 1 heterocycles. The molecule has 1 aliphatic rings. The van der Waals surface area contributed by atoms with Crippen LogP contribution in [0, 0.1) is 5.82 Å². The molecule has 2 atom stereocenters. The molecule has 8 heteroatoms. The van der Waals surface area contributed by atoms with Crippen molar-refractivity contribution in [1.82, 2.24) is 4.31 Å². The van der Waals surface area contributed by atoms with Gasteiger partial charge in [0.25, 0.3) is 0 Å². The summed E-state index contributed by atoms with van der Waals surface area (Å²) in [5, 5.41) is 0. The molecule has 2 rings (SSSR count). The van der Waals surface area contributed by atoms with Crippen LogP contribution in [0.5, 0.6) is 0 Å². The van der Waals surface area contributed by atoms with Crippen molar-refractivity contribution in [3.8, 4) is 0 Å². The second-order valence-corrected chi connectivity index (χ2v) is 7.40. The zero-order valence-corrected chi connectivity index (χ0v) is 13.4. The number of benzene rings is 1. The second kappa shape index (κ2) is 5.96. The molecule has 0 spiro atoms. The van der Waals surface area contributed by atoms with E-state index in [0.717, 1.165) is 6.07 Å². The molecule has 1 aromatic carbocycles. The molecular formula is C13H17FN2O3S2. The fourth-order valence-corrected chi connectivity index (χ4v) is 4.50. The minimum Gasteiger partial charge on any atom is -0.389 e. The van der Waals surface area contributed by atoms with E-state index in [-0.39, 0.29) is 40.7 Å². The van der Waals surface area contributed by atoms with Crippen molar-refractivity contribution < 1.29 is 17.5 Å². The van der Waals surface area contributed by atoms with Crippen molar-refractivity contribution in [2.75, 3.05) is 13.1 Å². The molecule has 2 N–H and O–H groups in total. The molecule has 0 amide bonds. The van der Waals surface area contributed by atoms with Gasteiger partial charge in [-0.25, -0.2) is 12.8 Å². The van der Waals surface area contributed by atoms with Crippen LogP contribution in [-0.4, -0.2) is 43.0 Å². The quantitative estimate of drug-likeness (QED) is 0.844. The van der Waals surface area contributed by atoms with Crippen LogP contribution < -0.4 is 5.73 Å². The van der Waals surface area contributed by atoms with Gasteiger partial charge in [-0.15, -0.1) is 0 Å². The molecule has 1 saturated heterocycles. The Bertz CT molecular complexity index is 653. The predicted molar refractivity (Wildman–Crippen MR) is 81.1 cm³/mol. The fourth-order valence-electron chi connectivity index (χ4n) is 2.42. The molecule has 0 bridgehead atoms. The minimum absolute atomic E-state index is 0.198. The Morgan fingerprint density at radius 3 is 2.48 bits per heavy atom. The number of rotatable bonds is 3. The van der Waals surface area contributed by atoms with Gasteiger partial charge in [-0.3, -0.25) is 0 Å². The number of hydrogen-bond acceptors (Lipinski definition) is 4. The van der Waals surface area contributed by atoms with Gasteiger partial charge in [0.2, 0.25) is 10.0 Å². The summed E-state index contributed by atoms with van der Waals surface area (Å²) in [5.41, 5.74) is 5.24. The Morgan fingerprint density at radius 1 is 1.38 bits per heavy atom. The lowest BCUT2D eigenvalue weighted by atomic mass is 10.2. The maximum absolute atomic E-state index is 13.9. The molecule has 5 nitrogen and oxygen atoms in total. The number of morpholine rings is 1. The fraction of sp³-hybridized carbons (Fsp3) is 0.462. The van der Waals surface area contributed by atoms with Gasteiger partial charge < -0.3 is 10.5 Å². The van der Waals surface area contributed by atoms with E-state index in [0.29, 0.717) is 0 Å². The first-order valence-electron chi connectivity index (χ1n) is 6.47. The Labute approximate surface area is 128 Å². The minimum atomic E-state index is -3.88. The Morgan fingerprint density at radius 2 is 1.95 bits per heavy atom. The lowest BCUT2D eigenvalue weighted by molar-refractivity contribution is -0.0440. The molecule has 1 aromatic rings. The highest BCUT2D eigenvalue weighted by Gasteiger charge is 2.34. The van der Waals surface area contributed by atoms with Crippen molar-refractivity contribution >= 4 is 27.2 Å². The van der Waals surface area contributed by atoms with Crippen LogP contribution in [0.1, 0.15) is 19.4 Å². The van der Waals surface area contributed by atoms with Gasteiger partial charge in [-0.2, -0.15) is 4.31 Å². The molecular weight excluding hydrogens is 315 g/mol. The van der Waals surface area contributed by atoms with Crippen LogP contribution in [0.15, 0.2) is 23.1 Å². The van der Waals surface area contributed by atoms with Gasteiger partial charge in [0.05, 0.1) is 22.7 Å². The van der Waals surface area contributed by atoms with Gasteiger partial charge in [0, 0.05) is 13.1 Å². The normalized spacial score (nSPS) is 24.0. The maximum Gasteiger partial charge on any atom is 0.244 e. The van der Waals surface area contributed by atoms with Crippen LogP contribution in [0.25, 0.3) is 0 Å². The number of hydrogen-bond donors (Lipinski definition) is 1. The molecule has 0 saturated carbocycles. The number of ether oxygens (including phenoxy) is 1. The summed E-state index contributed by atoms with van der Waals surface area (Å²) in [4.78, 5) is -0.475. The Hall–Kier alpha value is -1.09. The number of nitrogens with zero attached hydrogens (tertiary/aromatic N) is 1. The van der Waals surface area contributed by atoms with E-state index in [1.54, 1.807) is 13.8 Å². The van der Waals surface area contributed by atoms with Crippen molar-refractivity contribution in [1.29, 1.82) is 0 Å². The largest absolute Gasteiger partial charge is 0.389 e. The zero-order valence-electron chi connectivity index (χ0n) is 11.7. The van der Waals surface area contributed by atoms with Crippen LogP contribution >= 0.6 is 12.2 Å². The van der Waals surface area contributed by atoms with Gasteiger partial charge >= 0.3 is 0 Å². The van der Waals surface area contributed by atoms with Crippen molar-refractivity contribution in [3.05, 3.63) is 29.6 Å². The van der Waals surface area contributed by atoms with E-state index >= 15 is 0 Å². The van der Waals surface area contributed by atoms with E-state index in [2.05, 4.69) is 0 Å². The molecule has 0 aliphatic carbocycles. The summed E-state index contributed by atoms with van der Waals surface area (Å²) < 4.78 is 46.2. The Balaban J connectivity index is 2.50. The van der Waals surface area contributed by atoms with Gasteiger partial charge in [-0.05, 0) is 26.0 Å². The summed E-state index contributed by atoms with van der Waals surface area (Å²) in [7, 11) is -3.88. The first-order valence-corrected chi connectivity index (χ1v) is 8.32. The van der Waals surface area contributed by atoms with E-state index in [1.165, 1.54) is 16.4 Å². The smallest absolute Gasteiger partial charge is 0.244 e. The molecule has 1 fully saturated rings. The first kappa shape index (κ1) is 16.3. The van der Waals surface area contributed by atoms with Crippen molar-refractivity contribution in [2.24, 2.45) is 5.73 Å². The van der Waals surface area contributed by atoms with Gasteiger partial charge in [0.1, 0.15) is 10.8 Å². The lowest BCUT2D eigenvalue weighted by Gasteiger charge is -2.34. The second-order valence-electron chi connectivity index (χ2n) is 5.06. The highest BCUT2D eigenvalue weighted by atomic mass is 32.2. The number of sulfonamides is 1. The van der Waals surface area contributed by atoms with Crippen LogP contribution in [-0.2, 0) is 14.8 Å². The van der Waals surface area contributed by atoms with Crippen LogP contribution in [0.2, 0.25) is 0 Å². The highest BCUT2D eigenvalue weighted by molar-refractivity contribution is 7.89. The molecule has 116 valence electrons. The van der Waals surface area contributed by atoms with E-state index in [4.69, 9.17) is 22.7 Å². The number of halogens is 1. The van der Waals surface area contributed by atoms with Crippen LogP contribution in [0.4, 0.5) is 4.39 Å². The lowest BCUT2D eigenvalue weighted by Crippen LogP contribution is -2.48. The summed E-state index contributed by atoms with van der Waals surface area (Å²) in [5.74, 6) is -0.738. The molecule has 0 aromatic heterocycles. The SMILES string of the molecule is CC1CN(S(=O)(=O)c2cccc(F)c2C(N)=S)CC(C)O1. The third-order valence-electron chi connectivity index (χ3n) is 3.23. The third kappa shape index (κ3) is 3.23. The average Bonchev–Trinajstić information content (AvgIpc) is 2.36. The molecule has 21 heavy (non-hydrogen) atoms. The van der Waals surface area contributed by atoms with Gasteiger partial charge in [0.15, 0.2) is 0 Å². The van der Waals surface area contributed by atoms with E-state index < -0.39 is 15.8 Å².